The van der Waals surface area contributed by atoms with E-state index in [0.29, 0.717) is 0 Å². The van der Waals surface area contributed by atoms with Crippen LogP contribution >= 0.6 is 0 Å². The van der Waals surface area contributed by atoms with Crippen molar-refractivity contribution in [3.63, 3.8) is 0 Å². The third-order valence-electron chi connectivity index (χ3n) is 3.85. The van der Waals surface area contributed by atoms with Gasteiger partial charge in [-0.05, 0) is 31.4 Å². The molecule has 1 saturated heterocycles. The number of imidazole rings is 1. The monoisotopic (exact) mass is 230 g/mol. The summed E-state index contributed by atoms with van der Waals surface area (Å²) in [4.78, 5) is 6.44. The Kier molecular flexibility index (Phi) is 2.85. The van der Waals surface area contributed by atoms with E-state index in [4.69, 9.17) is 4.98 Å². The molecule has 17 heavy (non-hydrogen) atoms. The van der Waals surface area contributed by atoms with E-state index in [0.717, 1.165) is 12.1 Å². The summed E-state index contributed by atoms with van der Waals surface area (Å²) in [6.07, 6.45) is 4.16. The third-order valence-corrected chi connectivity index (χ3v) is 3.85. The van der Waals surface area contributed by atoms with Crippen LogP contribution in [0.3, 0.4) is 0 Å². The smallest absolute Gasteiger partial charge is 0.165 e. The molecule has 1 fully saturated rings. The molecule has 90 valence electrons. The Hall–Kier alpha value is -1.35. The number of likely N-dealkylation sites (tertiary alicyclic amines) is 1. The molecule has 0 atom stereocenters. The van der Waals surface area contributed by atoms with Crippen LogP contribution < -0.4 is 4.90 Å². The second-order valence-electron chi connectivity index (χ2n) is 5.06. The van der Waals surface area contributed by atoms with Gasteiger partial charge in [-0.25, -0.2) is 4.98 Å². The van der Waals surface area contributed by atoms with Gasteiger partial charge < -0.3 is 9.47 Å². The molecule has 1 aliphatic rings. The number of rotatable bonds is 2. The number of hydrogen-bond donors (Lipinski definition) is 1. The number of fused-ring (bicyclic) bond motifs is 1. The highest BCUT2D eigenvalue weighted by Gasteiger charge is 2.17. The molecule has 0 spiro atoms. The van der Waals surface area contributed by atoms with Crippen molar-refractivity contribution in [1.82, 2.24) is 9.55 Å². The Bertz CT molecular complexity index is 509. The number of quaternary nitrogens is 1. The van der Waals surface area contributed by atoms with Crippen molar-refractivity contribution in [2.24, 2.45) is 7.05 Å². The molecule has 0 aliphatic carbocycles. The van der Waals surface area contributed by atoms with Crippen LogP contribution in [0.15, 0.2) is 24.3 Å². The molecule has 2 aromatic rings. The van der Waals surface area contributed by atoms with Crippen molar-refractivity contribution in [2.45, 2.75) is 25.8 Å². The van der Waals surface area contributed by atoms with Gasteiger partial charge in [-0.2, -0.15) is 0 Å². The molecule has 1 N–H and O–H groups in total. The van der Waals surface area contributed by atoms with Crippen molar-refractivity contribution >= 4 is 11.0 Å². The Balaban J connectivity index is 1.87. The zero-order valence-electron chi connectivity index (χ0n) is 10.4. The maximum atomic E-state index is 4.75. The summed E-state index contributed by atoms with van der Waals surface area (Å²) in [5.41, 5.74) is 2.38. The number of aromatic nitrogens is 2. The zero-order chi connectivity index (χ0) is 11.7. The molecule has 1 aromatic heterocycles. The highest BCUT2D eigenvalue weighted by atomic mass is 15.2. The van der Waals surface area contributed by atoms with Crippen molar-refractivity contribution in [1.29, 1.82) is 0 Å². The average Bonchev–Trinajstić information content (AvgIpc) is 2.68. The molecular weight excluding hydrogens is 210 g/mol. The molecule has 0 radical (unpaired) electrons. The van der Waals surface area contributed by atoms with Gasteiger partial charge in [0.1, 0.15) is 6.54 Å². The lowest BCUT2D eigenvalue weighted by Crippen LogP contribution is -3.11. The highest BCUT2D eigenvalue weighted by molar-refractivity contribution is 5.75. The quantitative estimate of drug-likeness (QED) is 0.821. The Morgan fingerprint density at radius 2 is 1.94 bits per heavy atom. The minimum atomic E-state index is 1.07. The van der Waals surface area contributed by atoms with E-state index >= 15 is 0 Å². The molecule has 0 bridgehead atoms. The zero-order valence-corrected chi connectivity index (χ0v) is 10.4. The first-order valence-corrected chi connectivity index (χ1v) is 6.58. The first-order valence-electron chi connectivity index (χ1n) is 6.58. The first-order chi connectivity index (χ1) is 8.34. The minimum Gasteiger partial charge on any atom is -0.329 e. The Morgan fingerprint density at radius 1 is 1.18 bits per heavy atom. The molecule has 0 amide bonds. The predicted octanol–water partition coefficient (Wildman–Crippen LogP) is 1.14. The SMILES string of the molecule is Cn1c(C[NH+]2CCCCC2)nc2ccccc21. The van der Waals surface area contributed by atoms with Gasteiger partial charge in [0.15, 0.2) is 5.82 Å². The van der Waals surface area contributed by atoms with E-state index in [1.807, 2.05) is 0 Å². The molecule has 3 heteroatoms. The standard InChI is InChI=1S/C14H19N3/c1-16-13-8-4-3-7-12(13)15-14(16)11-17-9-5-2-6-10-17/h3-4,7-8H,2,5-6,9-11H2,1H3/p+1. The summed E-state index contributed by atoms with van der Waals surface area (Å²) in [6, 6.07) is 8.40. The van der Waals surface area contributed by atoms with Crippen LogP contribution in [0.4, 0.5) is 0 Å². The van der Waals surface area contributed by atoms with Gasteiger partial charge in [-0.15, -0.1) is 0 Å². The van der Waals surface area contributed by atoms with Gasteiger partial charge in [0.2, 0.25) is 0 Å². The normalized spacial score (nSPS) is 17.7. The maximum absolute atomic E-state index is 4.75. The number of nitrogens with one attached hydrogen (secondary N) is 1. The topological polar surface area (TPSA) is 22.3 Å². The average molecular weight is 230 g/mol. The van der Waals surface area contributed by atoms with Crippen LogP contribution in [0, 0.1) is 0 Å². The Labute approximate surface area is 102 Å². The van der Waals surface area contributed by atoms with Crippen molar-refractivity contribution in [3.8, 4) is 0 Å². The highest BCUT2D eigenvalue weighted by Crippen LogP contribution is 2.13. The van der Waals surface area contributed by atoms with E-state index in [1.165, 1.54) is 43.7 Å². The molecule has 0 unspecified atom stereocenters. The second-order valence-corrected chi connectivity index (χ2v) is 5.06. The van der Waals surface area contributed by atoms with E-state index in [-0.39, 0.29) is 0 Å². The molecule has 0 saturated carbocycles. The van der Waals surface area contributed by atoms with Crippen LogP contribution in [0.2, 0.25) is 0 Å². The number of hydrogen-bond acceptors (Lipinski definition) is 1. The predicted molar refractivity (Wildman–Crippen MR) is 69.0 cm³/mol. The summed E-state index contributed by atoms with van der Waals surface area (Å²) >= 11 is 0. The largest absolute Gasteiger partial charge is 0.329 e. The Morgan fingerprint density at radius 3 is 2.71 bits per heavy atom. The van der Waals surface area contributed by atoms with Gasteiger partial charge in [-0.3, -0.25) is 0 Å². The van der Waals surface area contributed by atoms with Gasteiger partial charge in [0, 0.05) is 7.05 Å². The van der Waals surface area contributed by atoms with E-state index in [9.17, 15) is 0 Å². The summed E-state index contributed by atoms with van der Waals surface area (Å²) in [5, 5.41) is 0. The number of nitrogens with zero attached hydrogens (tertiary/aromatic N) is 2. The molecule has 3 rings (SSSR count). The summed E-state index contributed by atoms with van der Waals surface area (Å²) in [7, 11) is 2.13. The van der Waals surface area contributed by atoms with Crippen LogP contribution in [0.25, 0.3) is 11.0 Å². The van der Waals surface area contributed by atoms with E-state index < -0.39 is 0 Å². The second kappa shape index (κ2) is 4.49. The van der Waals surface area contributed by atoms with Crippen LogP contribution in [-0.4, -0.2) is 22.6 Å². The summed E-state index contributed by atoms with van der Waals surface area (Å²) in [6.45, 7) is 3.69. The van der Waals surface area contributed by atoms with Crippen molar-refractivity contribution in [2.75, 3.05) is 13.1 Å². The summed E-state index contributed by atoms with van der Waals surface area (Å²) < 4.78 is 2.25. The molecule has 3 nitrogen and oxygen atoms in total. The number of para-hydroxylation sites is 2. The maximum Gasteiger partial charge on any atom is 0.165 e. The van der Waals surface area contributed by atoms with Crippen molar-refractivity contribution in [3.05, 3.63) is 30.1 Å². The number of benzene rings is 1. The fourth-order valence-electron chi connectivity index (χ4n) is 2.81. The van der Waals surface area contributed by atoms with Crippen LogP contribution in [-0.2, 0) is 13.6 Å². The van der Waals surface area contributed by atoms with Crippen LogP contribution in [0.1, 0.15) is 25.1 Å². The fourth-order valence-corrected chi connectivity index (χ4v) is 2.81. The van der Waals surface area contributed by atoms with Crippen LogP contribution in [0.5, 0.6) is 0 Å². The van der Waals surface area contributed by atoms with Gasteiger partial charge in [0.05, 0.1) is 24.1 Å². The van der Waals surface area contributed by atoms with E-state index in [2.05, 4.69) is 35.9 Å². The van der Waals surface area contributed by atoms with Gasteiger partial charge in [-0.1, -0.05) is 12.1 Å². The molecule has 2 heterocycles. The molecular formula is C14H20N3+. The van der Waals surface area contributed by atoms with Crippen molar-refractivity contribution < 1.29 is 4.90 Å². The minimum absolute atomic E-state index is 1.07. The fraction of sp³-hybridized carbons (Fsp3) is 0.500. The number of aryl methyl sites for hydroxylation is 1. The third kappa shape index (κ3) is 2.07. The van der Waals surface area contributed by atoms with Gasteiger partial charge in [0.25, 0.3) is 0 Å². The lowest BCUT2D eigenvalue weighted by atomic mass is 10.1. The molecule has 1 aliphatic heterocycles. The number of piperidine rings is 1. The summed E-state index contributed by atoms with van der Waals surface area (Å²) in [5.74, 6) is 1.23. The van der Waals surface area contributed by atoms with Gasteiger partial charge >= 0.3 is 0 Å². The molecule has 1 aromatic carbocycles. The lowest BCUT2D eigenvalue weighted by Gasteiger charge is -2.23. The first kappa shape index (κ1) is 10.8. The van der Waals surface area contributed by atoms with E-state index in [1.54, 1.807) is 4.90 Å². The lowest BCUT2D eigenvalue weighted by molar-refractivity contribution is -0.919.